The number of halogens is 1. The van der Waals surface area contributed by atoms with Crippen molar-refractivity contribution in [1.29, 1.82) is 0 Å². The van der Waals surface area contributed by atoms with Crippen molar-refractivity contribution in [3.05, 3.63) is 58.6 Å². The smallest absolute Gasteiger partial charge is 0.277 e. The van der Waals surface area contributed by atoms with E-state index in [9.17, 15) is 4.79 Å². The number of hydrogen-bond donors (Lipinski definition) is 1. The summed E-state index contributed by atoms with van der Waals surface area (Å²) >= 11 is 7.10. The molecule has 2 aromatic carbocycles. The van der Waals surface area contributed by atoms with Crippen molar-refractivity contribution in [2.24, 2.45) is 0 Å². The van der Waals surface area contributed by atoms with Gasteiger partial charge in [-0.05, 0) is 48.2 Å². The summed E-state index contributed by atoms with van der Waals surface area (Å²) in [7, 11) is 0. The van der Waals surface area contributed by atoms with Gasteiger partial charge in [0.1, 0.15) is 0 Å². The fraction of sp³-hybridized carbons (Fsp3) is 0.250. The molecule has 0 bridgehead atoms. The number of nitrogens with zero attached hydrogens (tertiary/aromatic N) is 2. The molecule has 0 unspecified atom stereocenters. The lowest BCUT2D eigenvalue weighted by Crippen LogP contribution is -2.16. The molecule has 0 aliphatic heterocycles. The fourth-order valence-corrected chi connectivity index (χ4v) is 3.37. The maximum absolute atomic E-state index is 12.4. The maximum Gasteiger partial charge on any atom is 0.277 e. The molecule has 5 nitrogen and oxygen atoms in total. The van der Waals surface area contributed by atoms with E-state index in [2.05, 4.69) is 29.4 Å². The van der Waals surface area contributed by atoms with E-state index >= 15 is 0 Å². The highest BCUT2D eigenvalue weighted by molar-refractivity contribution is 7.99. The van der Waals surface area contributed by atoms with Crippen molar-refractivity contribution < 1.29 is 9.21 Å². The van der Waals surface area contributed by atoms with Gasteiger partial charge in [-0.3, -0.25) is 4.79 Å². The van der Waals surface area contributed by atoms with E-state index in [4.69, 9.17) is 16.0 Å². The molecule has 0 saturated carbocycles. The predicted molar refractivity (Wildman–Crippen MR) is 109 cm³/mol. The molecule has 1 amide bonds. The van der Waals surface area contributed by atoms with E-state index < -0.39 is 0 Å². The number of rotatable bonds is 7. The van der Waals surface area contributed by atoms with Gasteiger partial charge in [-0.25, -0.2) is 0 Å². The predicted octanol–water partition coefficient (Wildman–Crippen LogP) is 5.25. The lowest BCUT2D eigenvalue weighted by atomic mass is 10.0. The summed E-state index contributed by atoms with van der Waals surface area (Å²) in [4.78, 5) is 12.4. The molecule has 3 aromatic rings. The van der Waals surface area contributed by atoms with Crippen LogP contribution in [0.2, 0.25) is 5.02 Å². The number of thioether (sulfide) groups is 1. The molecule has 0 spiro atoms. The lowest BCUT2D eigenvalue weighted by molar-refractivity contribution is -0.113. The topological polar surface area (TPSA) is 68.0 Å². The number of aryl methyl sites for hydroxylation is 2. The minimum Gasteiger partial charge on any atom is -0.411 e. The molecular formula is C20H20ClN3O2S. The van der Waals surface area contributed by atoms with Gasteiger partial charge in [-0.2, -0.15) is 0 Å². The quantitative estimate of drug-likeness (QED) is 0.548. The Kier molecular flexibility index (Phi) is 6.53. The number of nitrogens with one attached hydrogen (secondary N) is 1. The van der Waals surface area contributed by atoms with Gasteiger partial charge in [0, 0.05) is 16.3 Å². The van der Waals surface area contributed by atoms with E-state index in [1.54, 1.807) is 12.1 Å². The van der Waals surface area contributed by atoms with Gasteiger partial charge in [-0.15, -0.1) is 10.2 Å². The fourth-order valence-electron chi connectivity index (χ4n) is 2.68. The van der Waals surface area contributed by atoms with Gasteiger partial charge in [0.25, 0.3) is 5.22 Å². The van der Waals surface area contributed by atoms with Gasteiger partial charge in [0.2, 0.25) is 11.8 Å². The van der Waals surface area contributed by atoms with Gasteiger partial charge >= 0.3 is 0 Å². The number of benzene rings is 2. The van der Waals surface area contributed by atoms with Crippen LogP contribution in [0.1, 0.15) is 25.0 Å². The van der Waals surface area contributed by atoms with Crippen LogP contribution in [0.4, 0.5) is 5.69 Å². The van der Waals surface area contributed by atoms with Gasteiger partial charge in [-0.1, -0.05) is 55.4 Å². The number of amides is 1. The van der Waals surface area contributed by atoms with Crippen LogP contribution in [0.15, 0.2) is 52.1 Å². The molecule has 3 rings (SSSR count). The molecule has 0 radical (unpaired) electrons. The Morgan fingerprint density at radius 2 is 1.74 bits per heavy atom. The number of anilines is 1. The lowest BCUT2D eigenvalue weighted by Gasteiger charge is -2.13. The van der Waals surface area contributed by atoms with Crippen molar-refractivity contribution >= 4 is 35.0 Å². The average Bonchev–Trinajstić information content (AvgIpc) is 3.16. The highest BCUT2D eigenvalue weighted by Gasteiger charge is 2.13. The third-order valence-electron chi connectivity index (χ3n) is 4.09. The normalized spacial score (nSPS) is 10.8. The van der Waals surface area contributed by atoms with E-state index in [1.807, 2.05) is 30.3 Å². The van der Waals surface area contributed by atoms with Gasteiger partial charge < -0.3 is 9.73 Å². The van der Waals surface area contributed by atoms with Crippen molar-refractivity contribution in [2.45, 2.75) is 31.9 Å². The Labute approximate surface area is 167 Å². The van der Waals surface area contributed by atoms with Crippen LogP contribution in [-0.4, -0.2) is 21.9 Å². The monoisotopic (exact) mass is 401 g/mol. The standard InChI is InChI=1S/C20H20ClN3O2S/c1-3-13-6-5-7-14(4-2)18(13)22-17(25)12-27-20-24-23-19(26-20)15-8-10-16(21)11-9-15/h5-11H,3-4,12H2,1-2H3,(H,22,25). The Hall–Kier alpha value is -2.31. The molecule has 27 heavy (non-hydrogen) atoms. The molecule has 0 fully saturated rings. The Morgan fingerprint density at radius 3 is 2.37 bits per heavy atom. The highest BCUT2D eigenvalue weighted by Crippen LogP contribution is 2.26. The van der Waals surface area contributed by atoms with Crippen molar-refractivity contribution in [3.63, 3.8) is 0 Å². The van der Waals surface area contributed by atoms with Gasteiger partial charge in [0.15, 0.2) is 0 Å². The second kappa shape index (κ2) is 9.06. The summed E-state index contributed by atoms with van der Waals surface area (Å²) in [5.74, 6) is 0.504. The first-order chi connectivity index (χ1) is 13.1. The van der Waals surface area contributed by atoms with E-state index in [0.29, 0.717) is 16.1 Å². The minimum absolute atomic E-state index is 0.0955. The highest BCUT2D eigenvalue weighted by atomic mass is 35.5. The molecule has 1 aromatic heterocycles. The molecule has 140 valence electrons. The Morgan fingerprint density at radius 1 is 1.07 bits per heavy atom. The Balaban J connectivity index is 1.63. The molecule has 0 aliphatic carbocycles. The summed E-state index contributed by atoms with van der Waals surface area (Å²) in [6.45, 7) is 4.16. The molecule has 1 heterocycles. The van der Waals surface area contributed by atoms with Crippen LogP contribution in [-0.2, 0) is 17.6 Å². The van der Waals surface area contributed by atoms with E-state index in [-0.39, 0.29) is 11.7 Å². The molecule has 0 saturated heterocycles. The van der Waals surface area contributed by atoms with E-state index in [0.717, 1.165) is 35.2 Å². The average molecular weight is 402 g/mol. The number of carbonyl (C=O) groups excluding carboxylic acids is 1. The largest absolute Gasteiger partial charge is 0.411 e. The number of hydrogen-bond acceptors (Lipinski definition) is 5. The molecule has 0 atom stereocenters. The third-order valence-corrected chi connectivity index (χ3v) is 5.16. The van der Waals surface area contributed by atoms with Crippen LogP contribution in [0.3, 0.4) is 0 Å². The maximum atomic E-state index is 12.4. The zero-order valence-electron chi connectivity index (χ0n) is 15.2. The number of para-hydroxylation sites is 1. The van der Waals surface area contributed by atoms with E-state index in [1.165, 1.54) is 11.8 Å². The summed E-state index contributed by atoms with van der Waals surface area (Å²) in [5.41, 5.74) is 3.97. The Bertz CT molecular complexity index is 903. The van der Waals surface area contributed by atoms with Crippen LogP contribution < -0.4 is 5.32 Å². The SMILES string of the molecule is CCc1cccc(CC)c1NC(=O)CSc1nnc(-c2ccc(Cl)cc2)o1. The summed E-state index contributed by atoms with van der Waals surface area (Å²) < 4.78 is 5.62. The third kappa shape index (κ3) is 4.90. The number of carbonyl (C=O) groups is 1. The first-order valence-corrected chi connectivity index (χ1v) is 10.1. The summed E-state index contributed by atoms with van der Waals surface area (Å²) in [5, 5.41) is 12.0. The van der Waals surface area contributed by atoms with Crippen LogP contribution in [0.5, 0.6) is 0 Å². The summed E-state index contributed by atoms with van der Waals surface area (Å²) in [6, 6.07) is 13.3. The first kappa shape index (κ1) is 19.5. The molecular weight excluding hydrogens is 382 g/mol. The second-order valence-electron chi connectivity index (χ2n) is 5.88. The van der Waals surface area contributed by atoms with Crippen molar-refractivity contribution in [2.75, 3.05) is 11.1 Å². The molecule has 1 N–H and O–H groups in total. The van der Waals surface area contributed by atoms with Crippen LogP contribution in [0, 0.1) is 0 Å². The summed E-state index contributed by atoms with van der Waals surface area (Å²) in [6.07, 6.45) is 1.73. The van der Waals surface area contributed by atoms with Crippen molar-refractivity contribution in [1.82, 2.24) is 10.2 Å². The molecule has 0 aliphatic rings. The first-order valence-electron chi connectivity index (χ1n) is 8.73. The second-order valence-corrected chi connectivity index (χ2v) is 7.24. The van der Waals surface area contributed by atoms with Crippen molar-refractivity contribution in [3.8, 4) is 11.5 Å². The number of aromatic nitrogens is 2. The van der Waals surface area contributed by atoms with Gasteiger partial charge in [0.05, 0.1) is 5.75 Å². The van der Waals surface area contributed by atoms with Crippen LogP contribution >= 0.6 is 23.4 Å². The zero-order valence-corrected chi connectivity index (χ0v) is 16.7. The van der Waals surface area contributed by atoms with Crippen LogP contribution in [0.25, 0.3) is 11.5 Å². The minimum atomic E-state index is -0.0955. The zero-order chi connectivity index (χ0) is 19.2. The molecule has 7 heteroatoms.